The third kappa shape index (κ3) is 18.5. The highest BCUT2D eigenvalue weighted by Crippen LogP contribution is 2.35. The van der Waals surface area contributed by atoms with Crippen LogP contribution in [0.15, 0.2) is 73.6 Å². The SMILES string of the molecule is CCN(CC)CC.Cc1cn2[nH]ccc(=O)c2c1Br.Cc1cn2nccc(OCOCC[Si](C)(C)C)c2c1Br.Cc1cn2nccc(OS(=O)(=O)C(F)(F)F)c2c1Br.O=S(=O)(OS(=O)(=O)C(F)(F)F)C(F)(F)F. The minimum atomic E-state index is -6.85. The molecule has 34 heteroatoms. The van der Waals surface area contributed by atoms with E-state index in [1.807, 2.05) is 40.5 Å². The standard InChI is InChI=1S/C14H21BrN2O2Si.C9H6BrF3N2O3S.C8H7BrN2O.C6H15N.C2F6O5S2/c1-11-9-17-14(13(11)15)12(5-6-16-17)19-10-18-7-8-20(2,3)4;1-5-4-15-8(7(5)10)6(2-3-14-15)18-19(16,17)9(11,12)13;1-5-4-11-8(7(5)9)6(12)2-3-10-11;1-4-7(5-2)6-3;3-1(4,5)14(9,10)13-15(11,12)2(6,7)8/h5-6,9H,7-8,10H2,1-4H3;2-4H,1H3;2-4,10H,1H3;4-6H2,1-3H3;. The summed E-state index contributed by atoms with van der Waals surface area (Å²) in [7, 11) is -20.4. The largest absolute Gasteiger partial charge is 0.534 e. The summed E-state index contributed by atoms with van der Waals surface area (Å²) >= 11 is 10.1. The predicted octanol–water partition coefficient (Wildman–Crippen LogP) is 10.5. The van der Waals surface area contributed by atoms with Gasteiger partial charge in [0, 0.05) is 57.7 Å². The van der Waals surface area contributed by atoms with Gasteiger partial charge >= 0.3 is 46.9 Å². The molecule has 0 spiro atoms. The lowest BCUT2D eigenvalue weighted by Gasteiger charge is -2.15. The molecule has 0 radical (unpaired) electrons. The molecule has 6 rings (SSSR count). The second-order valence-electron chi connectivity index (χ2n) is 15.9. The van der Waals surface area contributed by atoms with Crippen molar-refractivity contribution in [3.05, 3.63) is 95.7 Å². The zero-order valence-corrected chi connectivity index (χ0v) is 48.1. The van der Waals surface area contributed by atoms with Crippen LogP contribution in [0.2, 0.25) is 25.7 Å². The number of rotatable bonds is 13. The summed E-state index contributed by atoms with van der Waals surface area (Å²) < 4.78 is 191. The fourth-order valence-corrected chi connectivity index (χ4v) is 9.51. The number of aromatic nitrogens is 6. The summed E-state index contributed by atoms with van der Waals surface area (Å²) in [6.45, 7) is 23.8. The molecule has 1 N–H and O–H groups in total. The van der Waals surface area contributed by atoms with Gasteiger partial charge in [0.25, 0.3) is 0 Å². The Labute approximate surface area is 439 Å². The molecule has 0 saturated heterocycles. The number of halogens is 12. The van der Waals surface area contributed by atoms with Gasteiger partial charge in [-0.2, -0.15) is 75.0 Å². The van der Waals surface area contributed by atoms with Crippen LogP contribution < -0.4 is 14.3 Å². The molecule has 6 aromatic heterocycles. The van der Waals surface area contributed by atoms with Crippen LogP contribution in [0, 0.1) is 20.8 Å². The van der Waals surface area contributed by atoms with Gasteiger partial charge in [-0.05, 0) is 111 Å². The Kier molecular flexibility index (Phi) is 23.6. The third-order valence-electron chi connectivity index (χ3n) is 9.16. The van der Waals surface area contributed by atoms with Crippen LogP contribution in [0.4, 0.5) is 39.5 Å². The van der Waals surface area contributed by atoms with Crippen molar-refractivity contribution in [1.82, 2.24) is 33.7 Å². The van der Waals surface area contributed by atoms with Crippen LogP contribution in [0.25, 0.3) is 16.6 Å². The van der Waals surface area contributed by atoms with Crippen molar-refractivity contribution < 1.29 is 82.1 Å². The van der Waals surface area contributed by atoms with E-state index in [1.165, 1.54) is 36.4 Å². The first-order valence-electron chi connectivity index (χ1n) is 20.6. The predicted molar refractivity (Wildman–Crippen MR) is 265 cm³/mol. The zero-order chi connectivity index (χ0) is 56.3. The van der Waals surface area contributed by atoms with Crippen molar-refractivity contribution in [2.24, 2.45) is 0 Å². The van der Waals surface area contributed by atoms with E-state index < -0.39 is 60.7 Å². The van der Waals surface area contributed by atoms with E-state index in [1.54, 1.807) is 23.8 Å². The van der Waals surface area contributed by atoms with Crippen molar-refractivity contribution in [3.63, 3.8) is 0 Å². The quantitative estimate of drug-likeness (QED) is 0.0284. The molecule has 6 heterocycles. The molecule has 0 atom stereocenters. The second kappa shape index (κ2) is 26.3. The summed E-state index contributed by atoms with van der Waals surface area (Å²) in [5.41, 5.74) is -13.4. The molecule has 0 fully saturated rings. The van der Waals surface area contributed by atoms with Crippen LogP contribution >= 0.6 is 47.8 Å². The Bertz CT molecular complexity index is 3150. The Morgan fingerprint density at radius 1 is 0.644 bits per heavy atom. The first kappa shape index (κ1) is 65.3. The van der Waals surface area contributed by atoms with Crippen molar-refractivity contribution in [2.75, 3.05) is 33.0 Å². The van der Waals surface area contributed by atoms with Crippen LogP contribution in [0.3, 0.4) is 0 Å². The number of ether oxygens (including phenoxy) is 2. The number of fused-ring (bicyclic) bond motifs is 3. The third-order valence-corrected chi connectivity index (χ3v) is 17.4. The minimum Gasteiger partial charge on any atom is -0.465 e. The number of nitrogens with zero attached hydrogens (tertiary/aromatic N) is 6. The number of H-pyrrole nitrogens is 1. The topological polar surface area (TPSA) is 214 Å². The van der Waals surface area contributed by atoms with Crippen LogP contribution in [0.1, 0.15) is 37.5 Å². The van der Waals surface area contributed by atoms with Crippen LogP contribution in [-0.2, 0) is 38.7 Å². The molecule has 0 aliphatic heterocycles. The number of aromatic amines is 1. The van der Waals surface area contributed by atoms with Gasteiger partial charge in [-0.1, -0.05) is 40.4 Å². The molecular weight excluding hydrogens is 1280 g/mol. The number of nitrogens with one attached hydrogen (secondary N) is 1. The van der Waals surface area contributed by atoms with Gasteiger partial charge in [0.1, 0.15) is 16.6 Å². The Morgan fingerprint density at radius 3 is 1.45 bits per heavy atom. The Morgan fingerprint density at radius 2 is 1.05 bits per heavy atom. The smallest absolute Gasteiger partial charge is 0.465 e. The van der Waals surface area contributed by atoms with Crippen LogP contribution in [0.5, 0.6) is 11.5 Å². The summed E-state index contributed by atoms with van der Waals surface area (Å²) in [5.74, 6) is 0.334. The Balaban J connectivity index is 0.000000324. The fourth-order valence-electron chi connectivity index (χ4n) is 5.28. The van der Waals surface area contributed by atoms with Gasteiger partial charge in [0.2, 0.25) is 5.43 Å². The van der Waals surface area contributed by atoms with Gasteiger partial charge in [-0.15, -0.1) is 3.63 Å². The van der Waals surface area contributed by atoms with E-state index in [4.69, 9.17) is 9.47 Å². The maximum atomic E-state index is 12.3. The first-order valence-corrected chi connectivity index (χ1v) is 30.9. The molecule has 0 aliphatic carbocycles. The first-order chi connectivity index (χ1) is 33.3. The molecule has 412 valence electrons. The Hall–Kier alpha value is -3.77. The zero-order valence-electron chi connectivity index (χ0n) is 39.9. The summed E-state index contributed by atoms with van der Waals surface area (Å²) in [5, 5.41) is 11.1. The normalized spacial score (nSPS) is 12.6. The highest BCUT2D eigenvalue weighted by atomic mass is 79.9. The van der Waals surface area contributed by atoms with E-state index in [0.717, 1.165) is 56.3 Å². The average Bonchev–Trinajstić information content (AvgIpc) is 3.84. The van der Waals surface area contributed by atoms with Gasteiger partial charge in [-0.25, -0.2) is 9.03 Å². The van der Waals surface area contributed by atoms with E-state index >= 15 is 0 Å². The van der Waals surface area contributed by atoms with Gasteiger partial charge in [0.05, 0.1) is 25.8 Å². The monoisotopic (exact) mass is 1320 g/mol. The molecule has 0 unspecified atom stereocenters. The van der Waals surface area contributed by atoms with Crippen molar-refractivity contribution in [2.45, 2.75) is 83.8 Å². The molecule has 0 saturated carbocycles. The summed E-state index contributed by atoms with van der Waals surface area (Å²) in [4.78, 5) is 13.7. The molecular formula is C39H49Br3F9N7O11S3Si. The molecule has 0 aliphatic rings. The fraction of sp³-hybridized carbons (Fsp3) is 0.462. The minimum absolute atomic E-state index is 0.0220. The lowest BCUT2D eigenvalue weighted by molar-refractivity contribution is -0.0586. The molecule has 0 aromatic carbocycles. The van der Waals surface area contributed by atoms with Crippen molar-refractivity contribution in [3.8, 4) is 11.5 Å². The van der Waals surface area contributed by atoms with E-state index in [-0.39, 0.29) is 17.7 Å². The van der Waals surface area contributed by atoms with E-state index in [9.17, 15) is 69.6 Å². The number of hydrogen-bond donors (Lipinski definition) is 1. The van der Waals surface area contributed by atoms with Crippen molar-refractivity contribution >= 4 is 103 Å². The van der Waals surface area contributed by atoms with Gasteiger partial charge in [-0.3, -0.25) is 9.31 Å². The van der Waals surface area contributed by atoms with E-state index in [2.05, 4.69) is 113 Å². The number of hydrogen-bond acceptors (Lipinski definition) is 14. The summed E-state index contributed by atoms with van der Waals surface area (Å²) in [6, 6.07) is 5.57. The molecule has 73 heavy (non-hydrogen) atoms. The average molecular weight is 1330 g/mol. The number of aryl methyl sites for hydroxylation is 3. The lowest BCUT2D eigenvalue weighted by Crippen LogP contribution is -2.34. The second-order valence-corrected chi connectivity index (χ2v) is 28.7. The van der Waals surface area contributed by atoms with Crippen LogP contribution in [-0.4, -0.2) is 117 Å². The maximum absolute atomic E-state index is 12.3. The summed E-state index contributed by atoms with van der Waals surface area (Å²) in [6.07, 6.45) is 9.86. The molecule has 0 bridgehead atoms. The highest BCUT2D eigenvalue weighted by molar-refractivity contribution is 9.11. The number of alkyl halides is 9. The van der Waals surface area contributed by atoms with E-state index in [0.29, 0.717) is 15.6 Å². The van der Waals surface area contributed by atoms with Gasteiger partial charge in [0.15, 0.2) is 18.3 Å². The maximum Gasteiger partial charge on any atom is 0.534 e. The molecule has 0 amide bonds. The molecule has 6 aromatic rings. The lowest BCUT2D eigenvalue weighted by atomic mass is 10.3. The van der Waals surface area contributed by atoms with Crippen molar-refractivity contribution in [1.29, 1.82) is 0 Å². The molecule has 18 nitrogen and oxygen atoms in total. The highest BCUT2D eigenvalue weighted by Gasteiger charge is 2.57. The van der Waals surface area contributed by atoms with Gasteiger partial charge < -0.3 is 23.7 Å².